The molecule has 1 saturated carbocycles. The van der Waals surface area contributed by atoms with Gasteiger partial charge >= 0.3 is 0 Å². The summed E-state index contributed by atoms with van der Waals surface area (Å²) in [7, 11) is 1.85. The largest absolute Gasteiger partial charge is 0.504 e. The summed E-state index contributed by atoms with van der Waals surface area (Å²) in [5.74, 6) is 0.445. The SMILES string of the molecule is C[C@H]1C[C@@H](N(C)C(=O)/C=C/c2cc(Br)cs2)[C@H]2Oc3c(O)ccc4c3[C@@]23CCN(CCc2ccccc2)[C@H](C4)[C@]13O. The Balaban J connectivity index is 1.25. The van der Waals surface area contributed by atoms with Crippen LogP contribution in [0, 0.1) is 5.92 Å². The highest BCUT2D eigenvalue weighted by atomic mass is 79.9. The van der Waals surface area contributed by atoms with Crippen LogP contribution in [0.15, 0.2) is 64.5 Å². The van der Waals surface area contributed by atoms with E-state index in [1.54, 1.807) is 28.4 Å². The molecular weight excluding hydrogens is 600 g/mol. The Morgan fingerprint density at radius 3 is 2.83 bits per heavy atom. The molecule has 2 aliphatic heterocycles. The van der Waals surface area contributed by atoms with Crippen LogP contribution < -0.4 is 4.74 Å². The van der Waals surface area contributed by atoms with E-state index in [-0.39, 0.29) is 29.7 Å². The zero-order valence-corrected chi connectivity index (χ0v) is 25.7. The lowest BCUT2D eigenvalue weighted by Gasteiger charge is -2.66. The Kier molecular flexibility index (Phi) is 6.62. The first kappa shape index (κ1) is 27.2. The van der Waals surface area contributed by atoms with Gasteiger partial charge in [0.25, 0.3) is 0 Å². The first-order valence-electron chi connectivity index (χ1n) is 14.4. The van der Waals surface area contributed by atoms with E-state index in [4.69, 9.17) is 4.74 Å². The molecule has 2 bridgehead atoms. The lowest BCUT2D eigenvalue weighted by Crippen LogP contribution is -2.80. The van der Waals surface area contributed by atoms with Crippen molar-refractivity contribution < 1.29 is 19.7 Å². The number of piperidine rings is 1. The third kappa shape index (κ3) is 3.98. The van der Waals surface area contributed by atoms with E-state index in [0.717, 1.165) is 40.0 Å². The monoisotopic (exact) mass is 634 g/mol. The minimum absolute atomic E-state index is 0.0665. The van der Waals surface area contributed by atoms with Gasteiger partial charge in [0.1, 0.15) is 6.10 Å². The first-order valence-corrected chi connectivity index (χ1v) is 16.1. The number of hydrogen-bond donors (Lipinski definition) is 2. The van der Waals surface area contributed by atoms with E-state index in [1.807, 2.05) is 36.7 Å². The summed E-state index contributed by atoms with van der Waals surface area (Å²) in [5.41, 5.74) is 1.68. The standard InChI is InChI=1S/C33H35BrN2O4S/c1-20-16-25(35(2)28(38)11-9-24-18-23(34)19-41-24)31-32-13-15-36(14-12-21-6-4-3-5-7-21)27(33(20,32)39)17-22-8-10-26(37)30(40-31)29(22)32/h3-11,18-20,25,27,31,37,39H,12-17H2,1-2H3/b11-9+/t20-,25+,27+,31+,32-,33+/m0/s1. The van der Waals surface area contributed by atoms with Gasteiger partial charge in [0.2, 0.25) is 5.91 Å². The second-order valence-corrected chi connectivity index (χ2v) is 14.0. The molecular formula is C33H35BrN2O4S. The maximum Gasteiger partial charge on any atom is 0.246 e. The van der Waals surface area contributed by atoms with Crippen LogP contribution in [0.1, 0.15) is 41.3 Å². The predicted molar refractivity (Wildman–Crippen MR) is 164 cm³/mol. The predicted octanol–water partition coefficient (Wildman–Crippen LogP) is 5.40. The third-order valence-corrected chi connectivity index (χ3v) is 12.0. The smallest absolute Gasteiger partial charge is 0.246 e. The van der Waals surface area contributed by atoms with Crippen molar-refractivity contribution in [3.8, 4) is 11.5 Å². The Morgan fingerprint density at radius 2 is 2.07 bits per heavy atom. The van der Waals surface area contributed by atoms with Gasteiger partial charge in [-0.05, 0) is 83.4 Å². The van der Waals surface area contributed by atoms with Gasteiger partial charge in [-0.15, -0.1) is 11.3 Å². The lowest BCUT2D eigenvalue weighted by molar-refractivity contribution is -0.224. The molecule has 3 aromatic rings. The molecule has 6 nitrogen and oxygen atoms in total. The highest BCUT2D eigenvalue weighted by Gasteiger charge is 2.75. The van der Waals surface area contributed by atoms with Crippen molar-refractivity contribution in [2.24, 2.45) is 5.92 Å². The zero-order chi connectivity index (χ0) is 28.5. The van der Waals surface area contributed by atoms with Crippen LogP contribution in [0.4, 0.5) is 0 Å². The Bertz CT molecular complexity index is 1520. The number of likely N-dealkylation sites (tertiary alicyclic amines) is 1. The van der Waals surface area contributed by atoms with Crippen molar-refractivity contribution in [1.82, 2.24) is 9.80 Å². The van der Waals surface area contributed by atoms with Gasteiger partial charge < -0.3 is 19.8 Å². The molecule has 2 aromatic carbocycles. The molecule has 8 heteroatoms. The number of aliphatic hydroxyl groups is 1. The van der Waals surface area contributed by atoms with Gasteiger partial charge in [-0.2, -0.15) is 0 Å². The fourth-order valence-corrected chi connectivity index (χ4v) is 9.77. The molecule has 2 fully saturated rings. The molecule has 41 heavy (non-hydrogen) atoms. The number of thiophene rings is 1. The number of rotatable bonds is 6. The molecule has 3 heterocycles. The number of carbonyl (C=O) groups is 1. The first-order chi connectivity index (χ1) is 19.7. The van der Waals surface area contributed by atoms with Crippen molar-refractivity contribution >= 4 is 39.2 Å². The van der Waals surface area contributed by atoms with Gasteiger partial charge in [-0.1, -0.05) is 43.3 Å². The molecule has 1 saturated heterocycles. The van der Waals surface area contributed by atoms with Gasteiger partial charge in [0.15, 0.2) is 11.5 Å². The summed E-state index contributed by atoms with van der Waals surface area (Å²) in [6.07, 6.45) is 6.02. The van der Waals surface area contributed by atoms with Crippen LogP contribution in [0.2, 0.25) is 0 Å². The molecule has 1 aromatic heterocycles. The van der Waals surface area contributed by atoms with Crippen LogP contribution in [0.5, 0.6) is 11.5 Å². The molecule has 214 valence electrons. The second kappa shape index (κ2) is 9.97. The minimum Gasteiger partial charge on any atom is -0.504 e. The fourth-order valence-electron chi connectivity index (χ4n) is 8.44. The van der Waals surface area contributed by atoms with Crippen LogP contribution in [0.3, 0.4) is 0 Å². The van der Waals surface area contributed by atoms with Crippen LogP contribution in [-0.4, -0.2) is 69.8 Å². The average Bonchev–Trinajstić information content (AvgIpc) is 3.55. The lowest BCUT2D eigenvalue weighted by atomic mass is 9.45. The highest BCUT2D eigenvalue weighted by molar-refractivity contribution is 9.10. The molecule has 1 spiro atoms. The number of phenols is 1. The molecule has 6 atom stereocenters. The number of carbonyl (C=O) groups excluding carboxylic acids is 1. The van der Waals surface area contributed by atoms with Crippen molar-refractivity contribution in [3.63, 3.8) is 0 Å². The maximum atomic E-state index is 13.5. The third-order valence-electron chi connectivity index (χ3n) is 10.3. The van der Waals surface area contributed by atoms with Crippen LogP contribution in [0.25, 0.3) is 6.08 Å². The normalized spacial score (nSPS) is 31.6. The number of halogens is 1. The molecule has 0 radical (unpaired) electrons. The van der Waals surface area contributed by atoms with E-state index >= 15 is 0 Å². The summed E-state index contributed by atoms with van der Waals surface area (Å²) in [6, 6.07) is 16.0. The number of aromatic hydroxyl groups is 1. The topological polar surface area (TPSA) is 73.2 Å². The molecule has 4 aliphatic rings. The molecule has 0 unspecified atom stereocenters. The number of amides is 1. The summed E-state index contributed by atoms with van der Waals surface area (Å²) in [6.45, 7) is 3.84. The number of hydrogen-bond acceptors (Lipinski definition) is 6. The van der Waals surface area contributed by atoms with Gasteiger partial charge in [0, 0.05) is 46.0 Å². The van der Waals surface area contributed by atoms with Crippen molar-refractivity contribution in [2.45, 2.75) is 61.8 Å². The molecule has 7 rings (SSSR count). The summed E-state index contributed by atoms with van der Waals surface area (Å²) in [5, 5.41) is 26.0. The van der Waals surface area contributed by atoms with E-state index in [9.17, 15) is 15.0 Å². The molecule has 2 aliphatic carbocycles. The van der Waals surface area contributed by atoms with E-state index in [0.29, 0.717) is 25.0 Å². The number of phenolic OH excluding ortho intramolecular Hbond substituents is 1. The molecule has 1 amide bonds. The number of ether oxygens (including phenoxy) is 1. The van der Waals surface area contributed by atoms with E-state index in [1.165, 1.54) is 5.56 Å². The van der Waals surface area contributed by atoms with Gasteiger partial charge in [-0.25, -0.2) is 0 Å². The zero-order valence-electron chi connectivity index (χ0n) is 23.3. The van der Waals surface area contributed by atoms with Crippen molar-refractivity contribution in [2.75, 3.05) is 20.1 Å². The second-order valence-electron chi connectivity index (χ2n) is 12.2. The van der Waals surface area contributed by atoms with Gasteiger partial charge in [0.05, 0.1) is 17.1 Å². The Morgan fingerprint density at radius 1 is 1.27 bits per heavy atom. The Hall–Kier alpha value is -2.65. The summed E-state index contributed by atoms with van der Waals surface area (Å²) in [4.78, 5) is 18.8. The summed E-state index contributed by atoms with van der Waals surface area (Å²) >= 11 is 5.05. The van der Waals surface area contributed by atoms with Gasteiger partial charge in [-0.3, -0.25) is 9.69 Å². The summed E-state index contributed by atoms with van der Waals surface area (Å²) < 4.78 is 7.68. The Labute approximate surface area is 253 Å². The average molecular weight is 636 g/mol. The van der Waals surface area contributed by atoms with E-state index in [2.05, 4.69) is 52.0 Å². The quantitative estimate of drug-likeness (QED) is 0.355. The highest BCUT2D eigenvalue weighted by Crippen LogP contribution is 2.67. The van der Waals surface area contributed by atoms with Crippen LogP contribution >= 0.6 is 27.3 Å². The van der Waals surface area contributed by atoms with E-state index < -0.39 is 17.1 Å². The number of likely N-dealkylation sites (N-methyl/N-ethyl adjacent to an activating group) is 1. The maximum absolute atomic E-state index is 13.5. The number of benzene rings is 2. The minimum atomic E-state index is -1.04. The fraction of sp³-hybridized carbons (Fsp3) is 0.424. The van der Waals surface area contributed by atoms with Crippen molar-refractivity contribution in [1.29, 1.82) is 0 Å². The number of nitrogens with zero attached hydrogens (tertiary/aromatic N) is 2. The molecule has 2 N–H and O–H groups in total. The van der Waals surface area contributed by atoms with Crippen LogP contribution in [-0.2, 0) is 23.1 Å². The van der Waals surface area contributed by atoms with Crippen molar-refractivity contribution in [3.05, 3.63) is 86.0 Å².